The van der Waals surface area contributed by atoms with E-state index < -0.39 is 11.7 Å². The SMILES string of the molecule is COc1ccc(C2CC(=O)N(C)C2=O)cc1F. The molecule has 2 amide bonds. The number of benzene rings is 1. The molecular formula is C12H12FNO3. The minimum atomic E-state index is -0.576. The van der Waals surface area contributed by atoms with Crippen molar-refractivity contribution in [1.29, 1.82) is 0 Å². The van der Waals surface area contributed by atoms with Gasteiger partial charge in [-0.3, -0.25) is 14.5 Å². The number of amides is 2. The Bertz CT molecular complexity index is 487. The number of rotatable bonds is 2. The molecule has 5 heteroatoms. The minimum Gasteiger partial charge on any atom is -0.494 e. The van der Waals surface area contributed by atoms with Gasteiger partial charge in [-0.25, -0.2) is 4.39 Å². The van der Waals surface area contributed by atoms with Crippen LogP contribution >= 0.6 is 0 Å². The van der Waals surface area contributed by atoms with Crippen molar-refractivity contribution in [3.63, 3.8) is 0 Å². The van der Waals surface area contributed by atoms with E-state index in [9.17, 15) is 14.0 Å². The average Bonchev–Trinajstić information content (AvgIpc) is 2.57. The average molecular weight is 237 g/mol. The molecule has 0 N–H and O–H groups in total. The molecular weight excluding hydrogens is 225 g/mol. The minimum absolute atomic E-state index is 0.0983. The lowest BCUT2D eigenvalue weighted by atomic mass is 9.97. The molecule has 1 unspecified atom stereocenters. The standard InChI is InChI=1S/C12H12FNO3/c1-14-11(15)6-8(12(14)16)7-3-4-10(17-2)9(13)5-7/h3-5,8H,6H2,1-2H3. The summed E-state index contributed by atoms with van der Waals surface area (Å²) in [6, 6.07) is 4.31. The van der Waals surface area contributed by atoms with Crippen LogP contribution in [-0.2, 0) is 9.59 Å². The van der Waals surface area contributed by atoms with Crippen LogP contribution in [0.2, 0.25) is 0 Å². The Labute approximate surface area is 98.0 Å². The fourth-order valence-corrected chi connectivity index (χ4v) is 1.92. The second-order valence-corrected chi connectivity index (χ2v) is 3.94. The summed E-state index contributed by atoms with van der Waals surface area (Å²) in [7, 11) is 2.81. The largest absolute Gasteiger partial charge is 0.494 e. The van der Waals surface area contributed by atoms with Gasteiger partial charge in [0.25, 0.3) is 0 Å². The quantitative estimate of drug-likeness (QED) is 0.728. The number of methoxy groups -OCH3 is 1. The molecule has 1 aromatic carbocycles. The zero-order valence-corrected chi connectivity index (χ0v) is 9.57. The van der Waals surface area contributed by atoms with Crippen molar-refractivity contribution < 1.29 is 18.7 Å². The van der Waals surface area contributed by atoms with E-state index in [0.717, 1.165) is 4.90 Å². The van der Waals surface area contributed by atoms with E-state index in [2.05, 4.69) is 0 Å². The van der Waals surface area contributed by atoms with E-state index in [0.29, 0.717) is 5.56 Å². The van der Waals surface area contributed by atoms with E-state index in [-0.39, 0.29) is 24.0 Å². The van der Waals surface area contributed by atoms with Crippen molar-refractivity contribution in [3.8, 4) is 5.75 Å². The van der Waals surface area contributed by atoms with Gasteiger partial charge in [0.05, 0.1) is 13.0 Å². The van der Waals surface area contributed by atoms with Gasteiger partial charge in [-0.15, -0.1) is 0 Å². The highest BCUT2D eigenvalue weighted by atomic mass is 19.1. The molecule has 0 aromatic heterocycles. The van der Waals surface area contributed by atoms with Crippen LogP contribution in [0.15, 0.2) is 18.2 Å². The number of nitrogens with zero attached hydrogens (tertiary/aromatic N) is 1. The highest BCUT2D eigenvalue weighted by Gasteiger charge is 2.37. The van der Waals surface area contributed by atoms with Crippen molar-refractivity contribution in [3.05, 3.63) is 29.6 Å². The first-order valence-corrected chi connectivity index (χ1v) is 5.18. The van der Waals surface area contributed by atoms with Crippen molar-refractivity contribution >= 4 is 11.8 Å². The van der Waals surface area contributed by atoms with Crippen molar-refractivity contribution in [1.82, 2.24) is 4.90 Å². The number of imide groups is 1. The van der Waals surface area contributed by atoms with Crippen LogP contribution in [0.1, 0.15) is 17.9 Å². The van der Waals surface area contributed by atoms with Gasteiger partial charge in [-0.05, 0) is 17.7 Å². The summed E-state index contributed by atoms with van der Waals surface area (Å²) in [6.07, 6.45) is 0.0983. The number of hydrogen-bond acceptors (Lipinski definition) is 3. The number of likely N-dealkylation sites (tertiary alicyclic amines) is 1. The Kier molecular flexibility index (Phi) is 2.83. The molecule has 0 bridgehead atoms. The number of likely N-dealkylation sites (N-methyl/N-ethyl adjacent to an activating group) is 1. The molecule has 0 radical (unpaired) electrons. The fraction of sp³-hybridized carbons (Fsp3) is 0.333. The van der Waals surface area contributed by atoms with Crippen molar-refractivity contribution in [2.75, 3.05) is 14.2 Å². The van der Waals surface area contributed by atoms with Gasteiger partial charge in [-0.2, -0.15) is 0 Å². The lowest BCUT2D eigenvalue weighted by Gasteiger charge is -2.10. The molecule has 1 heterocycles. The molecule has 1 atom stereocenters. The van der Waals surface area contributed by atoms with E-state index in [1.54, 1.807) is 6.07 Å². The summed E-state index contributed by atoms with van der Waals surface area (Å²) in [5.74, 6) is -1.51. The van der Waals surface area contributed by atoms with Crippen LogP contribution in [0.4, 0.5) is 4.39 Å². The third-order valence-electron chi connectivity index (χ3n) is 2.96. The van der Waals surface area contributed by atoms with E-state index >= 15 is 0 Å². The highest BCUT2D eigenvalue weighted by molar-refractivity contribution is 6.05. The molecule has 1 aliphatic heterocycles. The third kappa shape index (κ3) is 1.88. The molecule has 2 rings (SSSR count). The van der Waals surface area contributed by atoms with E-state index in [1.807, 2.05) is 0 Å². The first-order chi connectivity index (χ1) is 8.04. The first kappa shape index (κ1) is 11.6. The van der Waals surface area contributed by atoms with Crippen LogP contribution in [0.5, 0.6) is 5.75 Å². The summed E-state index contributed by atoms with van der Waals surface area (Å²) in [4.78, 5) is 24.2. The second-order valence-electron chi connectivity index (χ2n) is 3.94. The summed E-state index contributed by atoms with van der Waals surface area (Å²) in [5, 5.41) is 0. The monoisotopic (exact) mass is 237 g/mol. The van der Waals surface area contributed by atoms with Crippen LogP contribution in [-0.4, -0.2) is 30.9 Å². The van der Waals surface area contributed by atoms with Crippen molar-refractivity contribution in [2.45, 2.75) is 12.3 Å². The molecule has 0 spiro atoms. The highest BCUT2D eigenvalue weighted by Crippen LogP contribution is 2.30. The van der Waals surface area contributed by atoms with Crippen LogP contribution < -0.4 is 4.74 Å². The Morgan fingerprint density at radius 2 is 2.12 bits per heavy atom. The van der Waals surface area contributed by atoms with Crippen LogP contribution in [0.3, 0.4) is 0 Å². The van der Waals surface area contributed by atoms with Crippen molar-refractivity contribution in [2.24, 2.45) is 0 Å². The van der Waals surface area contributed by atoms with Crippen LogP contribution in [0.25, 0.3) is 0 Å². The maximum Gasteiger partial charge on any atom is 0.236 e. The smallest absolute Gasteiger partial charge is 0.236 e. The summed E-state index contributed by atoms with van der Waals surface area (Å²) >= 11 is 0. The molecule has 90 valence electrons. The summed E-state index contributed by atoms with van der Waals surface area (Å²) < 4.78 is 18.3. The third-order valence-corrected chi connectivity index (χ3v) is 2.96. The number of carbonyl (C=O) groups is 2. The Morgan fingerprint density at radius 1 is 1.41 bits per heavy atom. The van der Waals surface area contributed by atoms with Gasteiger partial charge < -0.3 is 4.74 Å². The van der Waals surface area contributed by atoms with Gasteiger partial charge in [0.15, 0.2) is 11.6 Å². The lowest BCUT2D eigenvalue weighted by Crippen LogP contribution is -2.25. The Hall–Kier alpha value is -1.91. The normalized spacial score (nSPS) is 19.9. The lowest BCUT2D eigenvalue weighted by molar-refractivity contribution is -0.137. The van der Waals surface area contributed by atoms with Gasteiger partial charge in [-0.1, -0.05) is 6.07 Å². The number of carbonyl (C=O) groups excluding carboxylic acids is 2. The maximum atomic E-state index is 13.5. The van der Waals surface area contributed by atoms with Crippen LogP contribution in [0, 0.1) is 5.82 Å². The number of halogens is 1. The molecule has 1 aliphatic rings. The van der Waals surface area contributed by atoms with Gasteiger partial charge in [0.2, 0.25) is 11.8 Å². The topological polar surface area (TPSA) is 46.6 Å². The first-order valence-electron chi connectivity index (χ1n) is 5.18. The molecule has 17 heavy (non-hydrogen) atoms. The Morgan fingerprint density at radius 3 is 2.59 bits per heavy atom. The fourth-order valence-electron chi connectivity index (χ4n) is 1.92. The van der Waals surface area contributed by atoms with E-state index in [1.165, 1.54) is 26.3 Å². The van der Waals surface area contributed by atoms with E-state index in [4.69, 9.17) is 4.74 Å². The summed E-state index contributed by atoms with van der Waals surface area (Å²) in [5.41, 5.74) is 0.506. The van der Waals surface area contributed by atoms with Gasteiger partial charge >= 0.3 is 0 Å². The van der Waals surface area contributed by atoms with Gasteiger partial charge in [0.1, 0.15) is 0 Å². The molecule has 0 saturated carbocycles. The molecule has 1 fully saturated rings. The zero-order valence-electron chi connectivity index (χ0n) is 9.57. The molecule has 1 saturated heterocycles. The summed E-state index contributed by atoms with van der Waals surface area (Å²) in [6.45, 7) is 0. The molecule has 4 nitrogen and oxygen atoms in total. The number of ether oxygens (including phenoxy) is 1. The van der Waals surface area contributed by atoms with Gasteiger partial charge in [0, 0.05) is 13.5 Å². The Balaban J connectivity index is 2.33. The molecule has 1 aromatic rings. The number of hydrogen-bond donors (Lipinski definition) is 0. The molecule has 0 aliphatic carbocycles. The predicted octanol–water partition coefficient (Wildman–Crippen LogP) is 1.31. The second kappa shape index (κ2) is 4.16. The predicted molar refractivity (Wildman–Crippen MR) is 58.1 cm³/mol. The maximum absolute atomic E-state index is 13.5. The zero-order chi connectivity index (χ0) is 12.6.